The molecule has 2 heterocycles. The minimum atomic E-state index is -0.254. The van der Waals surface area contributed by atoms with Gasteiger partial charge in [0.2, 0.25) is 5.91 Å². The molecule has 1 unspecified atom stereocenters. The van der Waals surface area contributed by atoms with Crippen LogP contribution in [0.25, 0.3) is 0 Å². The van der Waals surface area contributed by atoms with Gasteiger partial charge in [0.1, 0.15) is 11.9 Å². The van der Waals surface area contributed by atoms with Gasteiger partial charge >= 0.3 is 0 Å². The molecular formula is C17H24ClFN2O2. The summed E-state index contributed by atoms with van der Waals surface area (Å²) >= 11 is 0. The molecule has 6 heteroatoms. The number of nitrogens with one attached hydrogen (secondary N) is 1. The summed E-state index contributed by atoms with van der Waals surface area (Å²) in [4.78, 5) is 14.6. The van der Waals surface area contributed by atoms with Crippen molar-refractivity contribution in [2.45, 2.75) is 31.9 Å². The molecule has 1 amide bonds. The fourth-order valence-electron chi connectivity index (χ4n) is 3.34. The summed E-state index contributed by atoms with van der Waals surface area (Å²) in [6.07, 6.45) is 1.65. The molecular weight excluding hydrogens is 319 g/mol. The summed E-state index contributed by atoms with van der Waals surface area (Å²) in [6.45, 7) is 4.77. The Hall–Kier alpha value is -1.17. The van der Waals surface area contributed by atoms with Crippen LogP contribution in [-0.4, -0.2) is 43.1 Å². The van der Waals surface area contributed by atoms with Crippen molar-refractivity contribution in [1.82, 2.24) is 10.2 Å². The first-order valence-corrected chi connectivity index (χ1v) is 8.02. The van der Waals surface area contributed by atoms with E-state index in [-0.39, 0.29) is 36.2 Å². The van der Waals surface area contributed by atoms with E-state index in [1.165, 1.54) is 12.1 Å². The lowest BCUT2D eigenvalue weighted by molar-refractivity contribution is -0.144. The number of benzene rings is 1. The Kier molecular flexibility index (Phi) is 6.39. The van der Waals surface area contributed by atoms with Crippen LogP contribution in [-0.2, 0) is 9.53 Å². The summed E-state index contributed by atoms with van der Waals surface area (Å²) in [6, 6.07) is 6.75. The topological polar surface area (TPSA) is 41.6 Å². The van der Waals surface area contributed by atoms with E-state index >= 15 is 0 Å². The molecule has 3 rings (SSSR count). The molecule has 0 saturated carbocycles. The van der Waals surface area contributed by atoms with Gasteiger partial charge in [-0.15, -0.1) is 12.4 Å². The maximum atomic E-state index is 13.0. The lowest BCUT2D eigenvalue weighted by Crippen LogP contribution is -2.48. The first-order valence-electron chi connectivity index (χ1n) is 8.02. The molecule has 2 fully saturated rings. The number of amides is 1. The third-order valence-electron chi connectivity index (χ3n) is 4.59. The van der Waals surface area contributed by atoms with Gasteiger partial charge in [-0.3, -0.25) is 4.79 Å². The molecule has 0 aliphatic carbocycles. The van der Waals surface area contributed by atoms with Crippen LogP contribution in [0.15, 0.2) is 24.3 Å². The Labute approximate surface area is 142 Å². The SMILES string of the molecule is C[C@H]1C[C@@H](C(=O)N2CCOC(c3ccc(F)cc3)C2)CCN1.Cl. The van der Waals surface area contributed by atoms with Crippen molar-refractivity contribution < 1.29 is 13.9 Å². The highest BCUT2D eigenvalue weighted by Gasteiger charge is 2.32. The molecule has 23 heavy (non-hydrogen) atoms. The second-order valence-electron chi connectivity index (χ2n) is 6.27. The zero-order valence-electron chi connectivity index (χ0n) is 13.3. The lowest BCUT2D eigenvalue weighted by Gasteiger charge is -2.37. The normalized spacial score (nSPS) is 28.1. The zero-order valence-corrected chi connectivity index (χ0v) is 14.2. The van der Waals surface area contributed by atoms with Crippen LogP contribution in [0.4, 0.5) is 4.39 Å². The summed E-state index contributed by atoms with van der Waals surface area (Å²) < 4.78 is 18.8. The van der Waals surface area contributed by atoms with Gasteiger partial charge in [0.05, 0.1) is 13.2 Å². The van der Waals surface area contributed by atoms with E-state index < -0.39 is 0 Å². The molecule has 3 atom stereocenters. The average molecular weight is 343 g/mol. The summed E-state index contributed by atoms with van der Waals surface area (Å²) in [5.74, 6) is 0.100. The molecule has 2 aliphatic heterocycles. The predicted octanol–water partition coefficient (Wildman–Crippen LogP) is 2.54. The minimum Gasteiger partial charge on any atom is -0.370 e. The van der Waals surface area contributed by atoms with E-state index in [9.17, 15) is 9.18 Å². The average Bonchev–Trinajstić information content (AvgIpc) is 2.55. The number of halogens is 2. The molecule has 1 N–H and O–H groups in total. The van der Waals surface area contributed by atoms with Crippen LogP contribution in [0, 0.1) is 11.7 Å². The number of morpholine rings is 1. The van der Waals surface area contributed by atoms with E-state index in [4.69, 9.17) is 4.74 Å². The Bertz CT molecular complexity index is 526. The maximum Gasteiger partial charge on any atom is 0.225 e. The number of ether oxygens (including phenoxy) is 1. The largest absolute Gasteiger partial charge is 0.370 e. The van der Waals surface area contributed by atoms with Crippen LogP contribution >= 0.6 is 12.4 Å². The fraction of sp³-hybridized carbons (Fsp3) is 0.588. The van der Waals surface area contributed by atoms with E-state index in [1.807, 2.05) is 4.90 Å². The van der Waals surface area contributed by atoms with Crippen molar-refractivity contribution in [3.63, 3.8) is 0 Å². The highest BCUT2D eigenvalue weighted by Crippen LogP contribution is 2.26. The smallest absolute Gasteiger partial charge is 0.225 e. The molecule has 2 saturated heterocycles. The standard InChI is InChI=1S/C17H23FN2O2.ClH/c1-12-10-14(6-7-19-12)17(21)20-8-9-22-16(11-20)13-2-4-15(18)5-3-13;/h2-5,12,14,16,19H,6-11H2,1H3;1H/t12-,14-,16?;/m0./s1. The van der Waals surface area contributed by atoms with E-state index in [0.29, 0.717) is 25.7 Å². The monoisotopic (exact) mass is 342 g/mol. The summed E-state index contributed by atoms with van der Waals surface area (Å²) in [7, 11) is 0. The van der Waals surface area contributed by atoms with E-state index in [0.717, 1.165) is 24.9 Å². The number of nitrogens with zero attached hydrogens (tertiary/aromatic N) is 1. The van der Waals surface area contributed by atoms with Crippen molar-refractivity contribution in [2.24, 2.45) is 5.92 Å². The second kappa shape index (κ2) is 8.08. The highest BCUT2D eigenvalue weighted by atomic mass is 35.5. The minimum absolute atomic E-state index is 0. The molecule has 0 spiro atoms. The Morgan fingerprint density at radius 2 is 2.09 bits per heavy atom. The first-order chi connectivity index (χ1) is 10.6. The van der Waals surface area contributed by atoms with E-state index in [1.54, 1.807) is 12.1 Å². The molecule has 4 nitrogen and oxygen atoms in total. The molecule has 1 aromatic carbocycles. The van der Waals surface area contributed by atoms with Gasteiger partial charge in [0, 0.05) is 18.5 Å². The predicted molar refractivity (Wildman–Crippen MR) is 89.1 cm³/mol. The van der Waals surface area contributed by atoms with Gasteiger partial charge in [0.15, 0.2) is 0 Å². The quantitative estimate of drug-likeness (QED) is 0.898. The van der Waals surface area contributed by atoms with Crippen LogP contribution in [0.1, 0.15) is 31.4 Å². The molecule has 0 bridgehead atoms. The lowest BCUT2D eigenvalue weighted by atomic mass is 9.91. The summed E-state index contributed by atoms with van der Waals surface area (Å²) in [5, 5.41) is 3.38. The van der Waals surface area contributed by atoms with Gasteiger partial charge < -0.3 is 15.0 Å². The zero-order chi connectivity index (χ0) is 15.5. The fourth-order valence-corrected chi connectivity index (χ4v) is 3.34. The number of carbonyl (C=O) groups excluding carboxylic acids is 1. The van der Waals surface area contributed by atoms with Crippen LogP contribution in [0.5, 0.6) is 0 Å². The van der Waals surface area contributed by atoms with Crippen molar-refractivity contribution >= 4 is 18.3 Å². The van der Waals surface area contributed by atoms with Crippen molar-refractivity contribution in [1.29, 1.82) is 0 Å². The van der Waals surface area contributed by atoms with Gasteiger partial charge in [-0.25, -0.2) is 4.39 Å². The third-order valence-corrected chi connectivity index (χ3v) is 4.59. The van der Waals surface area contributed by atoms with Crippen LogP contribution < -0.4 is 5.32 Å². The first kappa shape index (κ1) is 18.2. The Morgan fingerprint density at radius 3 is 2.78 bits per heavy atom. The van der Waals surface area contributed by atoms with Crippen molar-refractivity contribution in [2.75, 3.05) is 26.2 Å². The van der Waals surface area contributed by atoms with Crippen LogP contribution in [0.2, 0.25) is 0 Å². The summed E-state index contributed by atoms with van der Waals surface area (Å²) in [5.41, 5.74) is 0.928. The second-order valence-corrected chi connectivity index (χ2v) is 6.27. The number of piperidine rings is 1. The Balaban J connectivity index is 0.00000192. The highest BCUT2D eigenvalue weighted by molar-refractivity contribution is 5.85. The van der Waals surface area contributed by atoms with Crippen LogP contribution in [0.3, 0.4) is 0 Å². The van der Waals surface area contributed by atoms with Gasteiger partial charge in [0.25, 0.3) is 0 Å². The van der Waals surface area contributed by atoms with Gasteiger partial charge in [-0.05, 0) is 44.0 Å². The number of rotatable bonds is 2. The molecule has 0 aromatic heterocycles. The van der Waals surface area contributed by atoms with Gasteiger partial charge in [-0.1, -0.05) is 12.1 Å². The van der Waals surface area contributed by atoms with Crippen molar-refractivity contribution in [3.05, 3.63) is 35.6 Å². The number of hydrogen-bond donors (Lipinski definition) is 1. The molecule has 2 aliphatic rings. The van der Waals surface area contributed by atoms with Gasteiger partial charge in [-0.2, -0.15) is 0 Å². The van der Waals surface area contributed by atoms with E-state index in [2.05, 4.69) is 12.2 Å². The van der Waals surface area contributed by atoms with Crippen molar-refractivity contribution in [3.8, 4) is 0 Å². The number of carbonyl (C=O) groups is 1. The molecule has 0 radical (unpaired) electrons. The Morgan fingerprint density at radius 1 is 1.35 bits per heavy atom. The maximum absolute atomic E-state index is 13.0. The number of hydrogen-bond acceptors (Lipinski definition) is 3. The third kappa shape index (κ3) is 4.43. The molecule has 1 aromatic rings. The molecule has 128 valence electrons.